The molecule has 0 atom stereocenters. The van der Waals surface area contributed by atoms with Gasteiger partial charge in [-0.1, -0.05) is 0 Å². The van der Waals surface area contributed by atoms with Gasteiger partial charge in [0.15, 0.2) is 11.5 Å². The van der Waals surface area contributed by atoms with Gasteiger partial charge < -0.3 is 15.2 Å². The summed E-state index contributed by atoms with van der Waals surface area (Å²) in [7, 11) is -3.73. The van der Waals surface area contributed by atoms with Crippen LogP contribution in [0.1, 0.15) is 6.42 Å². The minimum absolute atomic E-state index is 0.0112. The largest absolute Gasteiger partial charge is 0.490 e. The lowest BCUT2D eigenvalue weighted by Gasteiger charge is -2.09. The van der Waals surface area contributed by atoms with Crippen LogP contribution in [0.2, 0.25) is 0 Å². The summed E-state index contributed by atoms with van der Waals surface area (Å²) >= 11 is 0. The van der Waals surface area contributed by atoms with Gasteiger partial charge in [-0.05, 0) is 12.1 Å². The normalized spacial score (nSPS) is 14.8. The number of rotatable bonds is 2. The molecule has 2 heterocycles. The molecule has 0 amide bonds. The summed E-state index contributed by atoms with van der Waals surface area (Å²) in [6, 6.07) is 4.50. The van der Waals surface area contributed by atoms with Gasteiger partial charge in [0.1, 0.15) is 10.7 Å². The van der Waals surface area contributed by atoms with E-state index in [1.807, 2.05) is 0 Å². The lowest BCUT2D eigenvalue weighted by atomic mass is 10.3. The topological polar surface area (TPSA) is 107 Å². The van der Waals surface area contributed by atoms with Crippen molar-refractivity contribution < 1.29 is 17.9 Å². The Morgan fingerprint density at radius 2 is 1.95 bits per heavy atom. The summed E-state index contributed by atoms with van der Waals surface area (Å²) < 4.78 is 35.9. The monoisotopic (exact) mass is 295 g/mol. The number of nitrogens with two attached hydrogens (primary N) is 1. The predicted molar refractivity (Wildman–Crippen MR) is 70.5 cm³/mol. The number of ether oxygens (including phenoxy) is 2. The lowest BCUT2D eigenvalue weighted by Crippen LogP contribution is -2.04. The van der Waals surface area contributed by atoms with Gasteiger partial charge >= 0.3 is 0 Å². The number of H-pyrrole nitrogens is 1. The SMILES string of the molecule is Nc1[nH]ncc1S(=O)(=O)c1ccc2c(c1)OCCCO2. The molecule has 0 bridgehead atoms. The van der Waals surface area contributed by atoms with Crippen LogP contribution in [0.15, 0.2) is 34.2 Å². The van der Waals surface area contributed by atoms with E-state index in [2.05, 4.69) is 10.2 Å². The molecule has 0 radical (unpaired) electrons. The number of nitrogens with one attached hydrogen (secondary N) is 1. The molecule has 0 aliphatic carbocycles. The second-order valence-electron chi connectivity index (χ2n) is 4.31. The fourth-order valence-electron chi connectivity index (χ4n) is 1.94. The van der Waals surface area contributed by atoms with Crippen LogP contribution in [0, 0.1) is 0 Å². The summed E-state index contributed by atoms with van der Waals surface area (Å²) in [6.45, 7) is 1.04. The third-order valence-corrected chi connectivity index (χ3v) is 4.73. The Labute approximate surface area is 115 Å². The fraction of sp³-hybridized carbons (Fsp3) is 0.250. The highest BCUT2D eigenvalue weighted by atomic mass is 32.2. The zero-order valence-corrected chi connectivity index (χ0v) is 11.3. The van der Waals surface area contributed by atoms with Crippen molar-refractivity contribution in [3.05, 3.63) is 24.4 Å². The van der Waals surface area contributed by atoms with E-state index in [4.69, 9.17) is 15.2 Å². The van der Waals surface area contributed by atoms with Crippen LogP contribution in [0.3, 0.4) is 0 Å². The van der Waals surface area contributed by atoms with E-state index in [-0.39, 0.29) is 15.6 Å². The van der Waals surface area contributed by atoms with Crippen LogP contribution < -0.4 is 15.2 Å². The number of nitrogens with zero attached hydrogens (tertiary/aromatic N) is 1. The average Bonchev–Trinajstić information content (AvgIpc) is 2.73. The van der Waals surface area contributed by atoms with Crippen molar-refractivity contribution in [1.29, 1.82) is 0 Å². The van der Waals surface area contributed by atoms with Gasteiger partial charge in [0.05, 0.1) is 24.3 Å². The van der Waals surface area contributed by atoms with Crippen molar-refractivity contribution in [2.75, 3.05) is 18.9 Å². The van der Waals surface area contributed by atoms with Crippen molar-refractivity contribution in [1.82, 2.24) is 10.2 Å². The Balaban J connectivity index is 2.07. The molecule has 2 aromatic rings. The number of aromatic nitrogens is 2. The number of fused-ring (bicyclic) bond motifs is 1. The first kappa shape index (κ1) is 12.8. The van der Waals surface area contributed by atoms with Crippen LogP contribution in [-0.4, -0.2) is 31.8 Å². The van der Waals surface area contributed by atoms with E-state index in [9.17, 15) is 8.42 Å². The highest BCUT2D eigenvalue weighted by Crippen LogP contribution is 2.34. The van der Waals surface area contributed by atoms with E-state index >= 15 is 0 Å². The standard InChI is InChI=1S/C12H13N3O4S/c13-12-11(7-14-15-12)20(16,17)8-2-3-9-10(6-8)19-5-1-4-18-9/h2-3,6-7H,1,4-5H2,(H3,13,14,15). The van der Waals surface area contributed by atoms with Crippen molar-refractivity contribution >= 4 is 15.7 Å². The van der Waals surface area contributed by atoms with Gasteiger partial charge in [-0.15, -0.1) is 0 Å². The second kappa shape index (κ2) is 4.71. The molecule has 3 N–H and O–H groups in total. The molecule has 8 heteroatoms. The predicted octanol–water partition coefficient (Wildman–Crippen LogP) is 0.986. The molecule has 1 aliphatic heterocycles. The van der Waals surface area contributed by atoms with E-state index in [1.54, 1.807) is 6.07 Å². The van der Waals surface area contributed by atoms with E-state index < -0.39 is 9.84 Å². The van der Waals surface area contributed by atoms with Crippen LogP contribution in [0.25, 0.3) is 0 Å². The highest BCUT2D eigenvalue weighted by molar-refractivity contribution is 7.91. The smallest absolute Gasteiger partial charge is 0.211 e. The zero-order valence-electron chi connectivity index (χ0n) is 10.5. The van der Waals surface area contributed by atoms with Crippen LogP contribution in [0.5, 0.6) is 11.5 Å². The molecule has 106 valence electrons. The molecule has 0 unspecified atom stereocenters. The van der Waals surface area contributed by atoms with E-state index in [0.717, 1.165) is 6.42 Å². The molecule has 20 heavy (non-hydrogen) atoms. The Bertz CT molecular complexity index is 739. The molecule has 1 aliphatic rings. The quantitative estimate of drug-likeness (QED) is 0.855. The number of nitrogen functional groups attached to an aromatic ring is 1. The molecule has 7 nitrogen and oxygen atoms in total. The summed E-state index contributed by atoms with van der Waals surface area (Å²) in [5.74, 6) is 0.976. The van der Waals surface area contributed by atoms with Gasteiger partial charge in [0.2, 0.25) is 9.84 Å². The van der Waals surface area contributed by atoms with Crippen molar-refractivity contribution in [3.63, 3.8) is 0 Å². The molecule has 0 saturated heterocycles. The molecule has 1 aromatic carbocycles. The first-order valence-corrected chi connectivity index (χ1v) is 7.51. The minimum atomic E-state index is -3.73. The van der Waals surface area contributed by atoms with E-state index in [1.165, 1.54) is 18.3 Å². The van der Waals surface area contributed by atoms with Gasteiger partial charge in [-0.2, -0.15) is 5.10 Å². The Kier molecular flexibility index (Phi) is 3.01. The minimum Gasteiger partial charge on any atom is -0.490 e. The van der Waals surface area contributed by atoms with Gasteiger partial charge in [-0.25, -0.2) is 8.42 Å². The molecule has 0 saturated carbocycles. The summed E-state index contributed by atoms with van der Waals surface area (Å²) in [6.07, 6.45) is 1.94. The van der Waals surface area contributed by atoms with Crippen molar-refractivity contribution in [3.8, 4) is 11.5 Å². The third-order valence-electron chi connectivity index (χ3n) is 2.95. The molecular formula is C12H13N3O4S. The summed E-state index contributed by atoms with van der Waals surface area (Å²) in [4.78, 5) is 0.0434. The van der Waals surface area contributed by atoms with Crippen LogP contribution in [-0.2, 0) is 9.84 Å². The highest BCUT2D eigenvalue weighted by Gasteiger charge is 2.24. The number of hydrogen-bond acceptors (Lipinski definition) is 6. The number of benzene rings is 1. The van der Waals surface area contributed by atoms with E-state index in [0.29, 0.717) is 24.7 Å². The summed E-state index contributed by atoms with van der Waals surface area (Å²) in [5.41, 5.74) is 5.57. The number of sulfone groups is 1. The third kappa shape index (κ3) is 2.07. The van der Waals surface area contributed by atoms with Crippen LogP contribution in [0.4, 0.5) is 5.82 Å². The second-order valence-corrected chi connectivity index (χ2v) is 6.23. The van der Waals surface area contributed by atoms with Crippen LogP contribution >= 0.6 is 0 Å². The maximum absolute atomic E-state index is 12.5. The average molecular weight is 295 g/mol. The lowest BCUT2D eigenvalue weighted by molar-refractivity contribution is 0.297. The fourth-order valence-corrected chi connectivity index (χ4v) is 3.23. The van der Waals surface area contributed by atoms with Gasteiger partial charge in [0, 0.05) is 12.5 Å². The number of anilines is 1. The Morgan fingerprint density at radius 3 is 2.65 bits per heavy atom. The molecule has 3 rings (SSSR count). The maximum atomic E-state index is 12.5. The zero-order chi connectivity index (χ0) is 14.2. The van der Waals surface area contributed by atoms with Gasteiger partial charge in [-0.3, -0.25) is 5.10 Å². The summed E-state index contributed by atoms with van der Waals surface area (Å²) in [5, 5.41) is 6.04. The van der Waals surface area contributed by atoms with Crippen molar-refractivity contribution in [2.45, 2.75) is 16.2 Å². The Hall–Kier alpha value is -2.22. The molecule has 0 fully saturated rings. The molecular weight excluding hydrogens is 282 g/mol. The van der Waals surface area contributed by atoms with Crippen molar-refractivity contribution in [2.24, 2.45) is 0 Å². The first-order chi connectivity index (χ1) is 9.59. The maximum Gasteiger partial charge on any atom is 0.211 e. The Morgan fingerprint density at radius 1 is 1.20 bits per heavy atom. The number of aromatic amines is 1. The number of hydrogen-bond donors (Lipinski definition) is 2. The molecule has 0 spiro atoms. The molecule has 1 aromatic heterocycles. The first-order valence-electron chi connectivity index (χ1n) is 6.02. The van der Waals surface area contributed by atoms with Gasteiger partial charge in [0.25, 0.3) is 0 Å².